The van der Waals surface area contributed by atoms with Gasteiger partial charge in [-0.15, -0.1) is 0 Å². The Morgan fingerprint density at radius 3 is 2.46 bits per heavy atom. The first-order valence-electron chi connectivity index (χ1n) is 9.06. The third-order valence-corrected chi connectivity index (χ3v) is 4.55. The third kappa shape index (κ3) is 5.07. The quantitative estimate of drug-likeness (QED) is 0.910. The molecule has 0 bridgehead atoms. The molecule has 1 fully saturated rings. The number of nitrogens with zero attached hydrogens (tertiary/aromatic N) is 1. The minimum Gasteiger partial charge on any atom is -0.488 e. The molecule has 0 atom stereocenters. The van der Waals surface area contributed by atoms with E-state index < -0.39 is 5.97 Å². The molecule has 2 heterocycles. The van der Waals surface area contributed by atoms with E-state index in [1.54, 1.807) is 0 Å². The lowest BCUT2D eigenvalue weighted by Gasteiger charge is -2.26. The fourth-order valence-electron chi connectivity index (χ4n) is 3.16. The molecular weight excluding hydrogens is 330 g/mol. The predicted molar refractivity (Wildman–Crippen MR) is 100 cm³/mol. The van der Waals surface area contributed by atoms with Gasteiger partial charge in [0.05, 0.1) is 13.2 Å². The van der Waals surface area contributed by atoms with E-state index in [1.165, 1.54) is 16.7 Å². The van der Waals surface area contributed by atoms with Gasteiger partial charge >= 0.3 is 5.97 Å². The molecule has 1 saturated heterocycles. The SMILES string of the molecule is O=C(O)CCCN1CCOCC1.c1ccc2c(c1)COc1ccccc1-2. The molecule has 2 aromatic carbocycles. The summed E-state index contributed by atoms with van der Waals surface area (Å²) in [5.41, 5.74) is 3.77. The van der Waals surface area contributed by atoms with Gasteiger partial charge < -0.3 is 14.6 Å². The summed E-state index contributed by atoms with van der Waals surface area (Å²) in [4.78, 5) is 12.4. The maximum Gasteiger partial charge on any atom is 0.303 e. The van der Waals surface area contributed by atoms with Gasteiger partial charge in [0, 0.05) is 25.1 Å². The van der Waals surface area contributed by atoms with Gasteiger partial charge in [0.1, 0.15) is 12.4 Å². The Labute approximate surface area is 154 Å². The number of carboxylic acids is 1. The zero-order valence-corrected chi connectivity index (χ0v) is 14.9. The highest BCUT2D eigenvalue weighted by atomic mass is 16.5. The molecule has 138 valence electrons. The van der Waals surface area contributed by atoms with Crippen molar-refractivity contribution in [3.63, 3.8) is 0 Å². The standard InChI is InChI=1S/C13H10O.C8H15NO3/c1-2-6-11-10(5-1)9-14-13-8-4-3-7-12(11)13;10-8(11)2-1-3-9-4-6-12-7-5-9/h1-8H,9H2;1-7H2,(H,10,11). The molecule has 26 heavy (non-hydrogen) atoms. The summed E-state index contributed by atoms with van der Waals surface area (Å²) in [7, 11) is 0. The van der Waals surface area contributed by atoms with E-state index in [4.69, 9.17) is 14.6 Å². The predicted octanol–water partition coefficient (Wildman–Crippen LogP) is 3.43. The van der Waals surface area contributed by atoms with Gasteiger partial charge in [-0.25, -0.2) is 0 Å². The molecule has 5 heteroatoms. The second kappa shape index (κ2) is 9.36. The molecule has 0 aromatic heterocycles. The van der Waals surface area contributed by atoms with Gasteiger partial charge in [-0.05, 0) is 30.2 Å². The van der Waals surface area contributed by atoms with E-state index in [9.17, 15) is 4.79 Å². The molecule has 0 aliphatic carbocycles. The summed E-state index contributed by atoms with van der Waals surface area (Å²) in [5.74, 6) is 0.287. The van der Waals surface area contributed by atoms with Crippen molar-refractivity contribution >= 4 is 5.97 Å². The van der Waals surface area contributed by atoms with Crippen LogP contribution in [-0.2, 0) is 16.1 Å². The van der Waals surface area contributed by atoms with Gasteiger partial charge in [-0.1, -0.05) is 42.5 Å². The largest absolute Gasteiger partial charge is 0.488 e. The number of carbonyl (C=O) groups is 1. The lowest BCUT2D eigenvalue weighted by molar-refractivity contribution is -0.137. The highest BCUT2D eigenvalue weighted by Crippen LogP contribution is 2.36. The highest BCUT2D eigenvalue weighted by Gasteiger charge is 2.15. The van der Waals surface area contributed by atoms with Crippen LogP contribution < -0.4 is 4.74 Å². The number of benzene rings is 2. The number of aliphatic carboxylic acids is 1. The van der Waals surface area contributed by atoms with Crippen LogP contribution in [0.3, 0.4) is 0 Å². The van der Waals surface area contributed by atoms with Crippen molar-refractivity contribution in [3.05, 3.63) is 54.1 Å². The average molecular weight is 355 g/mol. The maximum absolute atomic E-state index is 10.2. The number of hydrogen-bond acceptors (Lipinski definition) is 4. The van der Waals surface area contributed by atoms with E-state index in [1.807, 2.05) is 18.2 Å². The van der Waals surface area contributed by atoms with Crippen LogP contribution in [0.4, 0.5) is 0 Å². The molecule has 0 radical (unpaired) electrons. The highest BCUT2D eigenvalue weighted by molar-refractivity contribution is 5.74. The number of ether oxygens (including phenoxy) is 2. The Morgan fingerprint density at radius 2 is 1.69 bits per heavy atom. The topological polar surface area (TPSA) is 59.0 Å². The summed E-state index contributed by atoms with van der Waals surface area (Å²) in [6.07, 6.45) is 1.02. The molecule has 4 rings (SSSR count). The number of carboxylic acid groups (broad SMARTS) is 1. The summed E-state index contributed by atoms with van der Waals surface area (Å²) >= 11 is 0. The van der Waals surface area contributed by atoms with Crippen molar-refractivity contribution in [2.75, 3.05) is 32.8 Å². The Bertz CT molecular complexity index is 680. The van der Waals surface area contributed by atoms with Gasteiger partial charge in [0.2, 0.25) is 0 Å². The van der Waals surface area contributed by atoms with Crippen molar-refractivity contribution < 1.29 is 19.4 Å². The second-order valence-corrected chi connectivity index (χ2v) is 6.39. The molecule has 2 aromatic rings. The summed E-state index contributed by atoms with van der Waals surface area (Å²) in [6.45, 7) is 5.03. The van der Waals surface area contributed by atoms with Crippen LogP contribution in [-0.4, -0.2) is 48.8 Å². The van der Waals surface area contributed by atoms with Crippen LogP contribution in [0.25, 0.3) is 11.1 Å². The van der Waals surface area contributed by atoms with Gasteiger partial charge in [-0.2, -0.15) is 0 Å². The summed E-state index contributed by atoms with van der Waals surface area (Å²) in [5, 5.41) is 8.40. The lowest BCUT2D eigenvalue weighted by Crippen LogP contribution is -2.36. The minimum atomic E-state index is -0.705. The molecule has 5 nitrogen and oxygen atoms in total. The Kier molecular flexibility index (Phi) is 6.63. The van der Waals surface area contributed by atoms with Crippen LogP contribution in [0.1, 0.15) is 18.4 Å². The number of para-hydroxylation sites is 1. The zero-order chi connectivity index (χ0) is 18.2. The zero-order valence-electron chi connectivity index (χ0n) is 14.9. The van der Waals surface area contributed by atoms with Gasteiger partial charge in [0.15, 0.2) is 0 Å². The molecule has 2 aliphatic rings. The van der Waals surface area contributed by atoms with Crippen LogP contribution in [0, 0.1) is 0 Å². The first-order chi connectivity index (χ1) is 12.7. The Hall–Kier alpha value is -2.37. The number of rotatable bonds is 4. The van der Waals surface area contributed by atoms with Gasteiger partial charge in [-0.3, -0.25) is 9.69 Å². The molecule has 1 N–H and O–H groups in total. The maximum atomic E-state index is 10.2. The summed E-state index contributed by atoms with van der Waals surface area (Å²) in [6, 6.07) is 16.6. The molecular formula is C21H25NO4. The van der Waals surface area contributed by atoms with E-state index in [0.29, 0.717) is 6.61 Å². The van der Waals surface area contributed by atoms with Crippen LogP contribution in [0.2, 0.25) is 0 Å². The van der Waals surface area contributed by atoms with E-state index in [2.05, 4.69) is 35.2 Å². The van der Waals surface area contributed by atoms with Crippen LogP contribution in [0.15, 0.2) is 48.5 Å². The van der Waals surface area contributed by atoms with E-state index in [0.717, 1.165) is 45.0 Å². The van der Waals surface area contributed by atoms with Gasteiger partial charge in [0.25, 0.3) is 0 Å². The Balaban J connectivity index is 0.000000153. The molecule has 0 unspecified atom stereocenters. The second-order valence-electron chi connectivity index (χ2n) is 6.39. The van der Waals surface area contributed by atoms with Crippen molar-refractivity contribution in [3.8, 4) is 16.9 Å². The van der Waals surface area contributed by atoms with Crippen molar-refractivity contribution in [2.45, 2.75) is 19.4 Å². The lowest BCUT2D eigenvalue weighted by atomic mass is 9.97. The van der Waals surface area contributed by atoms with Crippen molar-refractivity contribution in [1.82, 2.24) is 4.90 Å². The van der Waals surface area contributed by atoms with E-state index in [-0.39, 0.29) is 6.42 Å². The first kappa shape index (κ1) is 18.4. The minimum absolute atomic E-state index is 0.275. The van der Waals surface area contributed by atoms with E-state index >= 15 is 0 Å². The van der Waals surface area contributed by atoms with Crippen molar-refractivity contribution in [2.24, 2.45) is 0 Å². The molecule has 2 aliphatic heterocycles. The first-order valence-corrected chi connectivity index (χ1v) is 9.06. The van der Waals surface area contributed by atoms with Crippen molar-refractivity contribution in [1.29, 1.82) is 0 Å². The Morgan fingerprint density at radius 1 is 1.00 bits per heavy atom. The third-order valence-electron chi connectivity index (χ3n) is 4.55. The smallest absolute Gasteiger partial charge is 0.303 e. The molecule has 0 saturated carbocycles. The number of morpholine rings is 1. The fraction of sp³-hybridized carbons (Fsp3) is 0.381. The number of hydrogen-bond donors (Lipinski definition) is 1. The van der Waals surface area contributed by atoms with Crippen LogP contribution in [0.5, 0.6) is 5.75 Å². The molecule has 0 spiro atoms. The molecule has 0 amide bonds. The van der Waals surface area contributed by atoms with Crippen LogP contribution >= 0.6 is 0 Å². The average Bonchev–Trinajstić information content (AvgIpc) is 2.69. The monoisotopic (exact) mass is 355 g/mol. The fourth-order valence-corrected chi connectivity index (χ4v) is 3.16. The summed E-state index contributed by atoms with van der Waals surface area (Å²) < 4.78 is 10.8. The normalized spacial score (nSPS) is 15.7. The number of fused-ring (bicyclic) bond motifs is 3.